The van der Waals surface area contributed by atoms with Crippen LogP contribution in [0.25, 0.3) is 0 Å². The topological polar surface area (TPSA) is 21.6 Å². The normalized spacial score (nSPS) is 27.1. The van der Waals surface area contributed by atoms with Gasteiger partial charge < -0.3 is 4.84 Å². The fourth-order valence-corrected chi connectivity index (χ4v) is 2.88. The predicted octanol–water partition coefficient (Wildman–Crippen LogP) is 2.62. The summed E-state index contributed by atoms with van der Waals surface area (Å²) >= 11 is 0. The van der Waals surface area contributed by atoms with Crippen LogP contribution in [0.1, 0.15) is 64.2 Å². The van der Waals surface area contributed by atoms with Crippen molar-refractivity contribution in [1.29, 1.82) is 0 Å². The summed E-state index contributed by atoms with van der Waals surface area (Å²) in [6.07, 6.45) is 13.2. The maximum atomic E-state index is 5.71. The molecule has 0 N–H and O–H groups in total. The van der Waals surface area contributed by atoms with Crippen molar-refractivity contribution in [2.45, 2.75) is 69.8 Å². The van der Waals surface area contributed by atoms with E-state index in [0.29, 0.717) is 0 Å². The highest BCUT2D eigenvalue weighted by atomic mass is 16.7. The molecule has 1 fully saturated rings. The highest BCUT2D eigenvalue weighted by Gasteiger charge is 2.36. The lowest BCUT2D eigenvalue weighted by atomic mass is 9.81. The summed E-state index contributed by atoms with van der Waals surface area (Å²) < 4.78 is 0. The molecule has 2 rings (SSSR count). The van der Waals surface area contributed by atoms with Crippen LogP contribution in [0.3, 0.4) is 0 Å². The van der Waals surface area contributed by atoms with Crippen molar-refractivity contribution in [2.24, 2.45) is 5.16 Å². The Morgan fingerprint density at radius 3 is 1.93 bits per heavy atom. The summed E-state index contributed by atoms with van der Waals surface area (Å²) in [5, 5.41) is 4.16. The van der Waals surface area contributed by atoms with Gasteiger partial charge in [0.25, 0.3) is 0 Å². The highest BCUT2D eigenvalue weighted by Crippen LogP contribution is 2.35. The highest BCUT2D eigenvalue weighted by molar-refractivity contribution is 6.59. The zero-order valence-electron chi connectivity index (χ0n) is 9.93. The van der Waals surface area contributed by atoms with Crippen LogP contribution in [0.15, 0.2) is 5.16 Å². The van der Waals surface area contributed by atoms with E-state index in [-0.39, 0.29) is 5.60 Å². The molecule has 1 saturated carbocycles. The lowest BCUT2D eigenvalue weighted by Crippen LogP contribution is -2.29. The largest absolute Gasteiger partial charge is 0.390 e. The van der Waals surface area contributed by atoms with Gasteiger partial charge in [-0.1, -0.05) is 32.1 Å². The second-order valence-corrected chi connectivity index (χ2v) is 5.25. The van der Waals surface area contributed by atoms with Crippen molar-refractivity contribution in [1.82, 2.24) is 0 Å². The number of hydrogen-bond acceptors (Lipinski definition) is 2. The molecule has 1 spiro atoms. The number of rotatable bonds is 0. The Hall–Kier alpha value is -0.465. The third kappa shape index (κ3) is 2.99. The molecule has 0 radical (unpaired) electrons. The Kier molecular flexibility index (Phi) is 3.71. The summed E-state index contributed by atoms with van der Waals surface area (Å²) in [4.78, 5) is 5.71. The molecule has 15 heavy (non-hydrogen) atoms. The standard InChI is InChI=1S/C12H22BNO/c13-11-10-12(15-14-11)8-6-4-2-1-3-5-7-9-12/h1-10,13H2. The molecule has 2 nitrogen and oxygen atoms in total. The molecule has 0 atom stereocenters. The van der Waals surface area contributed by atoms with Gasteiger partial charge in [-0.15, -0.1) is 5.16 Å². The molecule has 84 valence electrons. The van der Waals surface area contributed by atoms with Gasteiger partial charge in [-0.2, -0.15) is 0 Å². The van der Waals surface area contributed by atoms with Crippen molar-refractivity contribution < 1.29 is 4.84 Å². The molecular formula is C12H22BNO. The van der Waals surface area contributed by atoms with E-state index in [2.05, 4.69) is 13.0 Å². The van der Waals surface area contributed by atoms with Gasteiger partial charge in [0.05, 0.1) is 0 Å². The van der Waals surface area contributed by atoms with E-state index < -0.39 is 0 Å². The smallest absolute Gasteiger partial charge is 0.163 e. The Morgan fingerprint density at radius 2 is 1.47 bits per heavy atom. The van der Waals surface area contributed by atoms with Crippen LogP contribution in [-0.2, 0) is 4.84 Å². The quantitative estimate of drug-likeness (QED) is 0.559. The molecule has 0 aromatic carbocycles. The lowest BCUT2D eigenvalue weighted by Gasteiger charge is -2.27. The maximum Gasteiger partial charge on any atom is 0.163 e. The first-order valence-electron chi connectivity index (χ1n) is 6.52. The lowest BCUT2D eigenvalue weighted by molar-refractivity contribution is -0.0355. The Balaban J connectivity index is 1.90. The fourth-order valence-electron chi connectivity index (χ4n) is 2.88. The molecule has 0 bridgehead atoms. The first-order chi connectivity index (χ1) is 7.31. The Bertz CT molecular complexity index is 230. The van der Waals surface area contributed by atoms with Crippen LogP contribution in [0, 0.1) is 0 Å². The molecule has 0 saturated heterocycles. The number of hydrogen-bond donors (Lipinski definition) is 0. The van der Waals surface area contributed by atoms with Gasteiger partial charge in [-0.25, -0.2) is 0 Å². The minimum atomic E-state index is 0.0986. The first kappa shape index (κ1) is 11.0. The average molecular weight is 207 g/mol. The first-order valence-corrected chi connectivity index (χ1v) is 6.52. The van der Waals surface area contributed by atoms with Gasteiger partial charge in [0, 0.05) is 12.0 Å². The average Bonchev–Trinajstić information content (AvgIpc) is 2.59. The second kappa shape index (κ2) is 5.04. The van der Waals surface area contributed by atoms with Gasteiger partial charge >= 0.3 is 0 Å². The monoisotopic (exact) mass is 207 g/mol. The molecule has 2 aliphatic rings. The van der Waals surface area contributed by atoms with Gasteiger partial charge in [0.1, 0.15) is 5.60 Å². The molecule has 0 unspecified atom stereocenters. The van der Waals surface area contributed by atoms with E-state index in [1.165, 1.54) is 63.4 Å². The van der Waals surface area contributed by atoms with E-state index in [0.717, 1.165) is 6.42 Å². The van der Waals surface area contributed by atoms with E-state index in [4.69, 9.17) is 4.84 Å². The second-order valence-electron chi connectivity index (χ2n) is 5.25. The molecule has 3 heteroatoms. The molecule has 0 aromatic rings. The van der Waals surface area contributed by atoms with Crippen molar-refractivity contribution >= 4 is 13.5 Å². The molecule has 0 amide bonds. The zero-order chi connectivity index (χ0) is 10.6. The number of oxime groups is 1. The predicted molar refractivity (Wildman–Crippen MR) is 66.0 cm³/mol. The van der Waals surface area contributed by atoms with E-state index in [9.17, 15) is 0 Å². The minimum Gasteiger partial charge on any atom is -0.390 e. The van der Waals surface area contributed by atoms with Crippen LogP contribution in [0.5, 0.6) is 0 Å². The Morgan fingerprint density at radius 1 is 0.933 bits per heavy atom. The zero-order valence-corrected chi connectivity index (χ0v) is 9.93. The third-order valence-electron chi connectivity index (χ3n) is 3.74. The molecular weight excluding hydrogens is 185 g/mol. The van der Waals surface area contributed by atoms with Crippen molar-refractivity contribution in [3.63, 3.8) is 0 Å². The Labute approximate surface area is 93.9 Å². The van der Waals surface area contributed by atoms with Gasteiger partial charge in [0.15, 0.2) is 7.85 Å². The van der Waals surface area contributed by atoms with E-state index >= 15 is 0 Å². The van der Waals surface area contributed by atoms with Crippen molar-refractivity contribution in [3.05, 3.63) is 0 Å². The molecule has 1 aliphatic heterocycles. The molecule has 0 aromatic heterocycles. The van der Waals surface area contributed by atoms with Crippen LogP contribution >= 0.6 is 0 Å². The third-order valence-corrected chi connectivity index (χ3v) is 3.74. The van der Waals surface area contributed by atoms with Gasteiger partial charge in [-0.05, 0) is 25.7 Å². The minimum absolute atomic E-state index is 0.0986. The molecule has 1 heterocycles. The van der Waals surface area contributed by atoms with Crippen LogP contribution in [0.2, 0.25) is 0 Å². The fraction of sp³-hybridized carbons (Fsp3) is 0.917. The van der Waals surface area contributed by atoms with Crippen molar-refractivity contribution in [3.8, 4) is 0 Å². The van der Waals surface area contributed by atoms with Crippen LogP contribution in [0.4, 0.5) is 0 Å². The summed E-state index contributed by atoms with van der Waals surface area (Å²) in [5.74, 6) is 0. The summed E-state index contributed by atoms with van der Waals surface area (Å²) in [6, 6.07) is 0. The van der Waals surface area contributed by atoms with Crippen LogP contribution in [-0.4, -0.2) is 19.1 Å². The number of nitrogens with zero attached hydrogens (tertiary/aromatic N) is 1. The van der Waals surface area contributed by atoms with Crippen molar-refractivity contribution in [2.75, 3.05) is 0 Å². The summed E-state index contributed by atoms with van der Waals surface area (Å²) in [7, 11) is 2.09. The summed E-state index contributed by atoms with van der Waals surface area (Å²) in [5.41, 5.74) is 1.29. The summed E-state index contributed by atoms with van der Waals surface area (Å²) in [6.45, 7) is 0. The van der Waals surface area contributed by atoms with E-state index in [1.54, 1.807) is 0 Å². The van der Waals surface area contributed by atoms with E-state index in [1.807, 2.05) is 0 Å². The van der Waals surface area contributed by atoms with Gasteiger partial charge in [0.2, 0.25) is 0 Å². The molecule has 1 aliphatic carbocycles. The van der Waals surface area contributed by atoms with Gasteiger partial charge in [-0.3, -0.25) is 0 Å². The van der Waals surface area contributed by atoms with Crippen LogP contribution < -0.4 is 0 Å². The SMILES string of the molecule is BC1=NOC2(CCCCCCCCC2)C1. The maximum absolute atomic E-state index is 5.71.